The van der Waals surface area contributed by atoms with Crippen molar-refractivity contribution < 1.29 is 9.50 Å². The molecular weight excluding hydrogens is 345 g/mol. The third kappa shape index (κ3) is 4.49. The molecule has 4 rings (SSSR count). The molecule has 1 saturated heterocycles. The van der Waals surface area contributed by atoms with E-state index in [9.17, 15) is 9.50 Å². The van der Waals surface area contributed by atoms with Gasteiger partial charge in [0.15, 0.2) is 0 Å². The van der Waals surface area contributed by atoms with Crippen molar-refractivity contribution >= 4 is 0 Å². The second kappa shape index (κ2) is 7.84. The first-order chi connectivity index (χ1) is 13.2. The minimum absolute atomic E-state index is 0.333. The van der Waals surface area contributed by atoms with E-state index < -0.39 is 5.95 Å². The van der Waals surface area contributed by atoms with Crippen LogP contribution in [0.5, 0.6) is 5.75 Å². The van der Waals surface area contributed by atoms with E-state index in [-0.39, 0.29) is 0 Å². The standard InChI is InChI=1S/C20H22FN5O/c21-20-6-2-4-17(22-20)13-26-14-18(23-24-26)12-25-9-7-15(8-10-25)16-3-1-5-19(27)11-16/h1-6,11,14-15,27H,7-10,12-13H2. The molecule has 0 saturated carbocycles. The normalized spacial score (nSPS) is 15.9. The molecule has 0 aliphatic carbocycles. The number of phenolic OH excluding ortho intramolecular Hbond substituents is 1. The van der Waals surface area contributed by atoms with Crippen molar-refractivity contribution in [1.29, 1.82) is 0 Å². The van der Waals surface area contributed by atoms with Crippen LogP contribution >= 0.6 is 0 Å². The van der Waals surface area contributed by atoms with Crippen molar-refractivity contribution in [3.05, 3.63) is 71.6 Å². The Balaban J connectivity index is 1.31. The third-order valence-corrected chi connectivity index (χ3v) is 5.00. The van der Waals surface area contributed by atoms with E-state index >= 15 is 0 Å². The van der Waals surface area contributed by atoms with Gasteiger partial charge in [-0.15, -0.1) is 5.10 Å². The zero-order valence-electron chi connectivity index (χ0n) is 15.0. The van der Waals surface area contributed by atoms with Crippen LogP contribution in [0.15, 0.2) is 48.7 Å². The van der Waals surface area contributed by atoms with Gasteiger partial charge in [0, 0.05) is 6.54 Å². The molecule has 1 aliphatic rings. The summed E-state index contributed by atoms with van der Waals surface area (Å²) >= 11 is 0. The second-order valence-corrected chi connectivity index (χ2v) is 7.00. The van der Waals surface area contributed by atoms with Gasteiger partial charge in [-0.1, -0.05) is 23.4 Å². The summed E-state index contributed by atoms with van der Waals surface area (Å²) in [6.45, 7) is 3.13. The van der Waals surface area contributed by atoms with E-state index in [2.05, 4.69) is 26.3 Å². The number of benzene rings is 1. The van der Waals surface area contributed by atoms with Crippen molar-refractivity contribution in [3.63, 3.8) is 0 Å². The largest absolute Gasteiger partial charge is 0.508 e. The van der Waals surface area contributed by atoms with Gasteiger partial charge in [-0.3, -0.25) is 4.90 Å². The number of phenols is 1. The molecule has 3 heterocycles. The molecule has 0 radical (unpaired) electrons. The van der Waals surface area contributed by atoms with E-state index in [0.717, 1.165) is 38.2 Å². The second-order valence-electron chi connectivity index (χ2n) is 7.00. The van der Waals surface area contributed by atoms with Crippen molar-refractivity contribution in [2.24, 2.45) is 0 Å². The molecule has 7 heteroatoms. The van der Waals surface area contributed by atoms with Gasteiger partial charge < -0.3 is 5.11 Å². The highest BCUT2D eigenvalue weighted by molar-refractivity contribution is 5.30. The number of aromatic hydroxyl groups is 1. The van der Waals surface area contributed by atoms with Crippen LogP contribution in [0.4, 0.5) is 4.39 Å². The fourth-order valence-electron chi connectivity index (χ4n) is 3.62. The van der Waals surface area contributed by atoms with Crippen molar-refractivity contribution in [2.45, 2.75) is 31.8 Å². The van der Waals surface area contributed by atoms with Crippen LogP contribution in [-0.2, 0) is 13.1 Å². The minimum atomic E-state index is -0.484. The van der Waals surface area contributed by atoms with Crippen LogP contribution in [0.3, 0.4) is 0 Å². The highest BCUT2D eigenvalue weighted by Crippen LogP contribution is 2.30. The fourth-order valence-corrected chi connectivity index (χ4v) is 3.62. The molecule has 1 fully saturated rings. The summed E-state index contributed by atoms with van der Waals surface area (Å²) in [7, 11) is 0. The van der Waals surface area contributed by atoms with Crippen LogP contribution < -0.4 is 0 Å². The lowest BCUT2D eigenvalue weighted by atomic mass is 9.89. The van der Waals surface area contributed by atoms with Crippen LogP contribution in [0, 0.1) is 5.95 Å². The molecule has 1 aromatic carbocycles. The van der Waals surface area contributed by atoms with Crippen LogP contribution in [0.1, 0.15) is 35.7 Å². The highest BCUT2D eigenvalue weighted by atomic mass is 19.1. The monoisotopic (exact) mass is 367 g/mol. The number of piperidine rings is 1. The Morgan fingerprint density at radius 2 is 1.85 bits per heavy atom. The molecule has 0 atom stereocenters. The number of hydrogen-bond donors (Lipinski definition) is 1. The minimum Gasteiger partial charge on any atom is -0.508 e. The number of aromatic nitrogens is 4. The number of nitrogens with zero attached hydrogens (tertiary/aromatic N) is 5. The number of hydrogen-bond acceptors (Lipinski definition) is 5. The SMILES string of the molecule is Oc1cccc(C2CCN(Cc3cn(Cc4cccc(F)n4)nn3)CC2)c1. The summed E-state index contributed by atoms with van der Waals surface area (Å²) in [4.78, 5) is 6.22. The first kappa shape index (κ1) is 17.6. The van der Waals surface area contributed by atoms with Crippen molar-refractivity contribution in [2.75, 3.05) is 13.1 Å². The summed E-state index contributed by atoms with van der Waals surface area (Å²) in [5, 5.41) is 18.0. The van der Waals surface area contributed by atoms with E-state index in [1.165, 1.54) is 11.6 Å². The molecular formula is C20H22FN5O. The third-order valence-electron chi connectivity index (χ3n) is 5.00. The van der Waals surface area contributed by atoms with Gasteiger partial charge in [-0.05, 0) is 61.7 Å². The Bertz CT molecular complexity index is 905. The molecule has 0 bridgehead atoms. The molecule has 140 valence electrons. The predicted molar refractivity (Wildman–Crippen MR) is 98.7 cm³/mol. The van der Waals surface area contributed by atoms with E-state index in [1.54, 1.807) is 22.9 Å². The van der Waals surface area contributed by atoms with E-state index in [1.807, 2.05) is 18.3 Å². The predicted octanol–water partition coefficient (Wildman–Crippen LogP) is 2.95. The molecule has 0 spiro atoms. The molecule has 2 aromatic heterocycles. The molecule has 1 aliphatic heterocycles. The Morgan fingerprint density at radius 3 is 2.63 bits per heavy atom. The number of likely N-dealkylation sites (tertiary alicyclic amines) is 1. The molecule has 3 aromatic rings. The molecule has 0 unspecified atom stereocenters. The van der Waals surface area contributed by atoms with E-state index in [4.69, 9.17) is 0 Å². The first-order valence-electron chi connectivity index (χ1n) is 9.17. The molecule has 0 amide bonds. The van der Waals surface area contributed by atoms with Gasteiger partial charge in [-0.25, -0.2) is 9.67 Å². The Kier molecular flexibility index (Phi) is 5.11. The summed E-state index contributed by atoms with van der Waals surface area (Å²) in [5.41, 5.74) is 2.74. The number of halogens is 1. The van der Waals surface area contributed by atoms with Crippen LogP contribution in [0.25, 0.3) is 0 Å². The lowest BCUT2D eigenvalue weighted by molar-refractivity contribution is 0.202. The molecule has 27 heavy (non-hydrogen) atoms. The topological polar surface area (TPSA) is 67.1 Å². The quantitative estimate of drug-likeness (QED) is 0.703. The molecule has 6 nitrogen and oxygen atoms in total. The van der Waals surface area contributed by atoms with Gasteiger partial charge in [0.25, 0.3) is 0 Å². The van der Waals surface area contributed by atoms with Gasteiger partial charge in [0.05, 0.1) is 24.1 Å². The summed E-state index contributed by atoms with van der Waals surface area (Å²) in [5.74, 6) is 0.338. The van der Waals surface area contributed by atoms with Gasteiger partial charge in [0.2, 0.25) is 5.95 Å². The first-order valence-corrected chi connectivity index (χ1v) is 9.17. The average molecular weight is 367 g/mol. The van der Waals surface area contributed by atoms with Gasteiger partial charge in [-0.2, -0.15) is 4.39 Å². The summed E-state index contributed by atoms with van der Waals surface area (Å²) < 4.78 is 14.9. The lowest BCUT2D eigenvalue weighted by Crippen LogP contribution is -2.32. The zero-order chi connectivity index (χ0) is 18.6. The van der Waals surface area contributed by atoms with Gasteiger partial charge in [0.1, 0.15) is 5.75 Å². The lowest BCUT2D eigenvalue weighted by Gasteiger charge is -2.31. The zero-order valence-corrected chi connectivity index (χ0v) is 15.0. The maximum atomic E-state index is 13.2. The number of pyridine rings is 1. The Hall–Kier alpha value is -2.80. The highest BCUT2D eigenvalue weighted by Gasteiger charge is 2.21. The Labute approximate surface area is 157 Å². The summed E-state index contributed by atoms with van der Waals surface area (Å²) in [6.07, 6.45) is 4.02. The van der Waals surface area contributed by atoms with Crippen molar-refractivity contribution in [3.8, 4) is 5.75 Å². The number of rotatable bonds is 5. The maximum Gasteiger partial charge on any atom is 0.213 e. The fraction of sp³-hybridized carbons (Fsp3) is 0.350. The van der Waals surface area contributed by atoms with E-state index in [0.29, 0.717) is 23.9 Å². The van der Waals surface area contributed by atoms with Crippen LogP contribution in [-0.4, -0.2) is 43.1 Å². The smallest absolute Gasteiger partial charge is 0.213 e. The maximum absolute atomic E-state index is 13.2. The van der Waals surface area contributed by atoms with Gasteiger partial charge >= 0.3 is 0 Å². The van der Waals surface area contributed by atoms with Crippen molar-refractivity contribution in [1.82, 2.24) is 24.9 Å². The van der Waals surface area contributed by atoms with Crippen LogP contribution in [0.2, 0.25) is 0 Å². The summed E-state index contributed by atoms with van der Waals surface area (Å²) in [6, 6.07) is 12.3. The average Bonchev–Trinajstić information content (AvgIpc) is 3.09. The Morgan fingerprint density at radius 1 is 1.04 bits per heavy atom. The molecule has 1 N–H and O–H groups in total.